The Bertz CT molecular complexity index is 1480. The minimum Gasteiger partial charge on any atom is -0.611 e. The number of rotatable bonds is 17. The second kappa shape index (κ2) is 17.4. The lowest BCUT2D eigenvalue weighted by Gasteiger charge is -2.12. The van der Waals surface area contributed by atoms with Crippen LogP contribution < -0.4 is 10.1 Å². The highest BCUT2D eigenvalue weighted by Crippen LogP contribution is 2.25. The van der Waals surface area contributed by atoms with E-state index in [1.54, 1.807) is 19.1 Å². The van der Waals surface area contributed by atoms with Crippen LogP contribution in [0.1, 0.15) is 51.3 Å². The molecule has 1 atom stereocenters. The van der Waals surface area contributed by atoms with E-state index in [1.165, 1.54) is 0 Å². The Balaban J connectivity index is 1.29. The quantitative estimate of drug-likeness (QED) is 0.0755. The highest BCUT2D eigenvalue weighted by molar-refractivity contribution is 7.91. The number of aromatic nitrogens is 2. The van der Waals surface area contributed by atoms with Crippen LogP contribution in [0.15, 0.2) is 95.8 Å². The number of aryl methyl sites for hydroxylation is 2. The summed E-state index contributed by atoms with van der Waals surface area (Å²) in [7, 11) is 0. The van der Waals surface area contributed by atoms with Crippen LogP contribution >= 0.6 is 0 Å². The summed E-state index contributed by atoms with van der Waals surface area (Å²) >= 11 is -1.14. The number of anilines is 1. The van der Waals surface area contributed by atoms with E-state index in [-0.39, 0.29) is 5.91 Å². The molecule has 0 unspecified atom stereocenters. The van der Waals surface area contributed by atoms with Crippen molar-refractivity contribution in [2.45, 2.75) is 57.9 Å². The van der Waals surface area contributed by atoms with Crippen molar-refractivity contribution in [2.24, 2.45) is 0 Å². The number of imidazole rings is 1. The van der Waals surface area contributed by atoms with Gasteiger partial charge in [-0.1, -0.05) is 50.6 Å². The van der Waals surface area contributed by atoms with Gasteiger partial charge in [0.05, 0.1) is 12.9 Å². The molecule has 4 aromatic rings. The van der Waals surface area contributed by atoms with Crippen molar-refractivity contribution < 1.29 is 18.8 Å². The molecule has 44 heavy (non-hydrogen) atoms. The zero-order chi connectivity index (χ0) is 31.1. The number of carbonyl (C=O) groups excluding carboxylic acids is 1. The molecular formula is C36H43N3O4S. The first kappa shape index (κ1) is 33.1. The Kier molecular flexibility index (Phi) is 13.1. The predicted molar refractivity (Wildman–Crippen MR) is 179 cm³/mol. The van der Waals surface area contributed by atoms with Gasteiger partial charge in [0, 0.05) is 42.7 Å². The van der Waals surface area contributed by atoms with Crippen molar-refractivity contribution >= 4 is 28.8 Å². The van der Waals surface area contributed by atoms with E-state index in [1.807, 2.05) is 67.1 Å². The molecule has 1 heterocycles. The van der Waals surface area contributed by atoms with Gasteiger partial charge in [0.25, 0.3) is 5.91 Å². The summed E-state index contributed by atoms with van der Waals surface area (Å²) in [6.45, 7) is 8.87. The number of carbonyl (C=O) groups is 1. The lowest BCUT2D eigenvalue weighted by atomic mass is 10.0. The van der Waals surface area contributed by atoms with Gasteiger partial charge in [0.2, 0.25) is 0 Å². The summed E-state index contributed by atoms with van der Waals surface area (Å²) in [5.41, 5.74) is 5.40. The molecular weight excluding hydrogens is 570 g/mol. The zero-order valence-corrected chi connectivity index (χ0v) is 26.8. The maximum absolute atomic E-state index is 12.9. The average Bonchev–Trinajstić information content (AvgIpc) is 3.49. The maximum Gasteiger partial charge on any atom is 0.251 e. The van der Waals surface area contributed by atoms with Gasteiger partial charge in [-0.25, -0.2) is 4.98 Å². The highest BCUT2D eigenvalue weighted by Gasteiger charge is 2.14. The molecule has 0 spiro atoms. The van der Waals surface area contributed by atoms with E-state index in [9.17, 15) is 9.35 Å². The third kappa shape index (κ3) is 10.1. The number of ether oxygens (including phenoxy) is 2. The van der Waals surface area contributed by atoms with Crippen molar-refractivity contribution in [3.05, 3.63) is 102 Å². The summed E-state index contributed by atoms with van der Waals surface area (Å²) in [6.07, 6.45) is 9.47. The number of benzene rings is 3. The van der Waals surface area contributed by atoms with Crippen LogP contribution in [0.2, 0.25) is 0 Å². The van der Waals surface area contributed by atoms with E-state index in [2.05, 4.69) is 40.8 Å². The van der Waals surface area contributed by atoms with Gasteiger partial charge in [-0.3, -0.25) is 4.79 Å². The molecule has 0 aliphatic heterocycles. The Hall–Kier alpha value is -3.85. The minimum absolute atomic E-state index is 0.186. The summed E-state index contributed by atoms with van der Waals surface area (Å²) in [4.78, 5) is 17.9. The van der Waals surface area contributed by atoms with E-state index < -0.39 is 11.2 Å². The number of hydrogen-bond donors (Lipinski definition) is 1. The second-order valence-electron chi connectivity index (χ2n) is 10.6. The van der Waals surface area contributed by atoms with Gasteiger partial charge < -0.3 is 23.9 Å². The summed E-state index contributed by atoms with van der Waals surface area (Å²) in [5, 5.41) is 2.95. The minimum atomic E-state index is -1.14. The van der Waals surface area contributed by atoms with Crippen molar-refractivity contribution in [1.82, 2.24) is 9.55 Å². The number of unbranched alkanes of at least 4 members (excludes halogenated alkanes) is 1. The topological polar surface area (TPSA) is 88.4 Å². The third-order valence-electron chi connectivity index (χ3n) is 7.14. The van der Waals surface area contributed by atoms with Gasteiger partial charge in [-0.2, -0.15) is 0 Å². The van der Waals surface area contributed by atoms with Crippen LogP contribution in [0.5, 0.6) is 5.75 Å². The van der Waals surface area contributed by atoms with Gasteiger partial charge in [-0.15, -0.1) is 0 Å². The molecule has 1 aromatic heterocycles. The van der Waals surface area contributed by atoms with E-state index >= 15 is 0 Å². The third-order valence-corrected chi connectivity index (χ3v) is 8.51. The number of amides is 1. The summed E-state index contributed by atoms with van der Waals surface area (Å²) in [6, 6.07) is 23.3. The molecule has 4 rings (SSSR count). The fraction of sp³-hybridized carbons (Fsp3) is 0.333. The standard InChI is InChI=1S/C36H43N3O4S/c1-4-6-20-42-21-22-43-34-14-10-30(11-15-34)31-9-7-8-29(25-31)24-28(3)36(40)38-32-12-16-35(17-13-32)44(41)23-18-33-26-37-27-39(33)19-5-2/h7-17,24-27H,4-6,18-23H2,1-3H3,(H,38,40)/b28-24+/t44-/m0/s1. The van der Waals surface area contributed by atoms with Crippen molar-refractivity contribution in [3.63, 3.8) is 0 Å². The second-order valence-corrected chi connectivity index (χ2v) is 12.2. The molecule has 0 aliphatic rings. The molecule has 232 valence electrons. The maximum atomic E-state index is 12.9. The molecule has 0 aliphatic carbocycles. The highest BCUT2D eigenvalue weighted by atomic mass is 32.2. The van der Waals surface area contributed by atoms with E-state index in [0.717, 1.165) is 65.4 Å². The Labute approximate surface area is 264 Å². The van der Waals surface area contributed by atoms with Crippen LogP contribution in [0.25, 0.3) is 17.2 Å². The van der Waals surface area contributed by atoms with E-state index in [0.29, 0.717) is 36.6 Å². The van der Waals surface area contributed by atoms with Crippen LogP contribution in [0.3, 0.4) is 0 Å². The number of nitrogens with zero attached hydrogens (tertiary/aromatic N) is 2. The molecule has 1 N–H and O–H groups in total. The van der Waals surface area contributed by atoms with Crippen LogP contribution in [-0.4, -0.2) is 45.6 Å². The normalized spacial score (nSPS) is 12.2. The molecule has 0 saturated carbocycles. The predicted octanol–water partition coefficient (Wildman–Crippen LogP) is 7.55. The number of hydrogen-bond acceptors (Lipinski definition) is 5. The van der Waals surface area contributed by atoms with E-state index in [4.69, 9.17) is 9.47 Å². The van der Waals surface area contributed by atoms with Crippen molar-refractivity contribution in [2.75, 3.05) is 30.9 Å². The Morgan fingerprint density at radius 2 is 1.77 bits per heavy atom. The van der Waals surface area contributed by atoms with Gasteiger partial charge >= 0.3 is 0 Å². The van der Waals surface area contributed by atoms with Crippen LogP contribution in [0, 0.1) is 0 Å². The summed E-state index contributed by atoms with van der Waals surface area (Å²) < 4.78 is 26.3. The molecule has 1 amide bonds. The average molecular weight is 614 g/mol. The van der Waals surface area contributed by atoms with Gasteiger partial charge in [-0.05, 0) is 96.2 Å². The van der Waals surface area contributed by atoms with Crippen molar-refractivity contribution in [3.8, 4) is 16.9 Å². The molecule has 3 aromatic carbocycles. The van der Waals surface area contributed by atoms with Crippen LogP contribution in [0.4, 0.5) is 5.69 Å². The Morgan fingerprint density at radius 1 is 0.977 bits per heavy atom. The first-order valence-corrected chi connectivity index (χ1v) is 16.7. The largest absolute Gasteiger partial charge is 0.611 e. The van der Waals surface area contributed by atoms with Gasteiger partial charge in [0.1, 0.15) is 18.1 Å². The first-order valence-electron chi connectivity index (χ1n) is 15.3. The number of nitrogens with one attached hydrogen (secondary N) is 1. The van der Waals surface area contributed by atoms with Gasteiger partial charge in [0.15, 0.2) is 4.90 Å². The van der Waals surface area contributed by atoms with Crippen LogP contribution in [-0.2, 0) is 33.7 Å². The summed E-state index contributed by atoms with van der Waals surface area (Å²) in [5.74, 6) is 1.15. The lowest BCUT2D eigenvalue weighted by Crippen LogP contribution is -2.14. The molecule has 8 heteroatoms. The zero-order valence-electron chi connectivity index (χ0n) is 26.0. The first-order chi connectivity index (χ1) is 21.5. The molecule has 0 saturated heterocycles. The van der Waals surface area contributed by atoms with Crippen molar-refractivity contribution in [1.29, 1.82) is 0 Å². The lowest BCUT2D eigenvalue weighted by molar-refractivity contribution is -0.112. The Morgan fingerprint density at radius 3 is 2.52 bits per heavy atom. The molecule has 0 radical (unpaired) electrons. The molecule has 0 fully saturated rings. The fourth-order valence-corrected chi connectivity index (χ4v) is 5.74. The monoisotopic (exact) mass is 613 g/mol. The SMILES string of the molecule is CCCCOCCOc1ccc(-c2cccc(/C=C(\C)C(=O)Nc3ccc([S@@+]([O-])CCc4cncn4CCC)cc3)c2)cc1. The smallest absolute Gasteiger partial charge is 0.251 e. The molecule has 7 nitrogen and oxygen atoms in total. The molecule has 0 bridgehead atoms. The fourth-order valence-electron chi connectivity index (χ4n) is 4.67.